The SMILES string of the molecule is CC(C)c1ccc(C2OCC3OC(OC4C(CO)OC(Oc5ccc(CC6NC(=O)C(C)N(c7ccccc7)CC(=O)CNC(=O)C(CO)NC(=O)C(C(O)C7CN=C(N)N7C7OC(CO)C(O)C(O)C7O)NC(=O)C(C(O)C7CN=C(N)N7)NC6=O)cc5)C(O)C4O)C(O)C(O)C3O2)cc1. The normalized spacial score (nSPS) is 36.3. The van der Waals surface area contributed by atoms with Gasteiger partial charge in [0.2, 0.25) is 35.8 Å². The third kappa shape index (κ3) is 16.9. The van der Waals surface area contributed by atoms with Crippen molar-refractivity contribution < 1.29 is 123 Å². The molecule has 37 nitrogen and oxygen atoms in total. The first-order valence-corrected chi connectivity index (χ1v) is 32.9. The number of aliphatic hydroxyl groups is 12. The quantitative estimate of drug-likeness (QED) is 0.0597. The number of hydrogen-bond donors (Lipinski definition) is 20. The fourth-order valence-corrected chi connectivity index (χ4v) is 12.8. The minimum atomic E-state index is -2.34. The molecule has 101 heavy (non-hydrogen) atoms. The number of anilines is 1. The highest BCUT2D eigenvalue weighted by molar-refractivity contribution is 5.99. The molecule has 5 fully saturated rings. The maximum atomic E-state index is 15.2. The molecule has 3 aromatic rings. The van der Waals surface area contributed by atoms with E-state index < -0.39 is 240 Å². The van der Waals surface area contributed by atoms with E-state index in [0.717, 1.165) is 10.5 Å². The van der Waals surface area contributed by atoms with Crippen molar-refractivity contribution in [1.82, 2.24) is 36.8 Å². The minimum absolute atomic E-state index is 0.0330. The summed E-state index contributed by atoms with van der Waals surface area (Å²) < 4.78 is 41.5. The summed E-state index contributed by atoms with van der Waals surface area (Å²) in [7, 11) is 0. The van der Waals surface area contributed by atoms with Crippen molar-refractivity contribution in [3.8, 4) is 5.75 Å². The molecule has 7 aliphatic rings. The number of nitrogens with one attached hydrogen (secondary N) is 6. The van der Waals surface area contributed by atoms with Crippen LogP contribution >= 0.6 is 0 Å². The lowest BCUT2D eigenvalue weighted by Gasteiger charge is -2.48. The van der Waals surface area contributed by atoms with Gasteiger partial charge in [0, 0.05) is 17.7 Å². The second-order valence-electron chi connectivity index (χ2n) is 25.9. The summed E-state index contributed by atoms with van der Waals surface area (Å²) in [6.45, 7) is 0.335. The van der Waals surface area contributed by atoms with E-state index in [0.29, 0.717) is 11.3 Å². The van der Waals surface area contributed by atoms with E-state index in [-0.39, 0.29) is 36.3 Å². The average Bonchev–Trinajstić information content (AvgIpc) is 1.76. The number of aliphatic imine (C=N–C) groups is 2. The number of guanidine groups is 2. The standard InChI is InChI=1S/C64H88N12O25/c1-26(2)29-11-13-30(14-12-29)60-95-25-40-53(100-60)48(86)51(89)62(99-40)101-52-39(24-79)98-61(50(88)47(52)85)96-33-15-9-28(10-16-33)17-34-56(92)73-41(43(81)35-19-68-63(65)72-35)58(94)74-42(44(82)37-20-69-64(66)76(37)59-49(87)46(84)45(83)38(23-78)97-59)57(93)71-36(22-77)55(91)67-18-32(80)21-75(27(3)54(90)70-34)31-7-5-4-6-8-31/h4-16,26-27,34-53,59-62,77-79,81-89H,17-25H2,1-3H3,(H2,66,69)(H,67,91)(H,70,90)(H,71,93)(H,73,92)(H,74,94)(H3,65,68,72). The molecule has 0 aromatic heterocycles. The number of carbonyl (C=O) groups is 6. The first kappa shape index (κ1) is 75.8. The molecule has 554 valence electrons. The number of rotatable bonds is 17. The van der Waals surface area contributed by atoms with Crippen LogP contribution in [0, 0.1) is 0 Å². The summed E-state index contributed by atoms with van der Waals surface area (Å²) in [5.74, 6) is -7.26. The Morgan fingerprint density at radius 1 is 0.624 bits per heavy atom. The summed E-state index contributed by atoms with van der Waals surface area (Å²) in [4.78, 5) is 97.8. The maximum Gasteiger partial charge on any atom is 0.246 e. The highest BCUT2D eigenvalue weighted by atomic mass is 16.8. The van der Waals surface area contributed by atoms with Crippen LogP contribution in [0.3, 0.4) is 0 Å². The monoisotopic (exact) mass is 1420 g/mol. The predicted molar refractivity (Wildman–Crippen MR) is 346 cm³/mol. The Kier molecular flexibility index (Phi) is 24.8. The van der Waals surface area contributed by atoms with Crippen molar-refractivity contribution in [2.45, 2.75) is 186 Å². The average molecular weight is 1430 g/mol. The van der Waals surface area contributed by atoms with Gasteiger partial charge in [0.1, 0.15) is 121 Å². The second kappa shape index (κ2) is 33.0. The number of hydrogen-bond acceptors (Lipinski definition) is 32. The zero-order valence-electron chi connectivity index (χ0n) is 55.0. The zero-order valence-corrected chi connectivity index (χ0v) is 55.0. The number of Topliss-reactive ketones (excluding diaryl/α,β-unsaturated/α-hetero) is 1. The number of nitrogens with two attached hydrogens (primary N) is 2. The number of para-hydroxylation sites is 1. The molecule has 0 saturated carbocycles. The molecule has 37 heteroatoms. The van der Waals surface area contributed by atoms with Gasteiger partial charge in [-0.2, -0.15) is 0 Å². The van der Waals surface area contributed by atoms with E-state index in [1.807, 2.05) is 38.1 Å². The number of fused-ring (bicyclic) bond motifs is 1. The van der Waals surface area contributed by atoms with E-state index >= 15 is 9.59 Å². The Labute approximate surface area is 577 Å². The number of benzene rings is 3. The Bertz CT molecular complexity index is 3420. The molecule has 25 atom stereocenters. The van der Waals surface area contributed by atoms with E-state index in [1.165, 1.54) is 36.1 Å². The number of carbonyl (C=O) groups excluding carboxylic acids is 6. The Morgan fingerprint density at radius 3 is 1.93 bits per heavy atom. The van der Waals surface area contributed by atoms with Crippen molar-refractivity contribution >= 4 is 52.9 Å². The van der Waals surface area contributed by atoms with Gasteiger partial charge in [-0.3, -0.25) is 38.8 Å². The lowest BCUT2D eigenvalue weighted by Crippen LogP contribution is -2.70. The zero-order chi connectivity index (χ0) is 72.8. The van der Waals surface area contributed by atoms with Gasteiger partial charge < -0.3 is 148 Å². The van der Waals surface area contributed by atoms with Gasteiger partial charge in [-0.05, 0) is 48.2 Å². The number of nitrogens with zero attached hydrogens (tertiary/aromatic N) is 4. The fraction of sp³-hybridized carbons (Fsp3) is 0.594. The molecule has 5 saturated heterocycles. The molecule has 3 aromatic carbocycles. The molecule has 0 radical (unpaired) electrons. The van der Waals surface area contributed by atoms with E-state index in [2.05, 4.69) is 41.9 Å². The van der Waals surface area contributed by atoms with Crippen LogP contribution in [0.4, 0.5) is 5.69 Å². The summed E-state index contributed by atoms with van der Waals surface area (Å²) in [5, 5.41) is 148. The molecule has 10 rings (SSSR count). The van der Waals surface area contributed by atoms with Gasteiger partial charge in [0.25, 0.3) is 0 Å². The van der Waals surface area contributed by atoms with E-state index in [4.69, 9.17) is 44.6 Å². The minimum Gasteiger partial charge on any atom is -0.462 e. The largest absolute Gasteiger partial charge is 0.462 e. The molecule has 22 N–H and O–H groups in total. The van der Waals surface area contributed by atoms with Gasteiger partial charge in [0.05, 0.1) is 64.7 Å². The number of ether oxygens (including phenoxy) is 7. The highest BCUT2D eigenvalue weighted by Gasteiger charge is 2.55. The van der Waals surface area contributed by atoms with Crippen LogP contribution in [0.2, 0.25) is 0 Å². The van der Waals surface area contributed by atoms with Crippen LogP contribution in [-0.4, -0.2) is 313 Å². The van der Waals surface area contributed by atoms with Crippen LogP contribution in [-0.2, 0) is 63.6 Å². The lowest BCUT2D eigenvalue weighted by atomic mass is 9.95. The molecule has 25 unspecified atom stereocenters. The Balaban J connectivity index is 0.897. The Morgan fingerprint density at radius 2 is 1.28 bits per heavy atom. The van der Waals surface area contributed by atoms with Gasteiger partial charge in [0.15, 0.2) is 36.5 Å². The van der Waals surface area contributed by atoms with Gasteiger partial charge >= 0.3 is 0 Å². The number of aliphatic hydroxyl groups excluding tert-OH is 12. The number of ketones is 1. The summed E-state index contributed by atoms with van der Waals surface area (Å²) in [6.07, 6.45) is -30.6. The number of amides is 5. The molecule has 0 spiro atoms. The molecule has 7 aliphatic heterocycles. The van der Waals surface area contributed by atoms with Crippen LogP contribution in [0.5, 0.6) is 5.75 Å². The lowest BCUT2D eigenvalue weighted by molar-refractivity contribution is -0.383. The second-order valence-corrected chi connectivity index (χ2v) is 25.9. The van der Waals surface area contributed by atoms with Crippen LogP contribution in [0.25, 0.3) is 0 Å². The fourth-order valence-electron chi connectivity index (χ4n) is 12.8. The Hall–Kier alpha value is -7.90. The smallest absolute Gasteiger partial charge is 0.246 e. The van der Waals surface area contributed by atoms with Gasteiger partial charge in [-0.25, -0.2) is 0 Å². The van der Waals surface area contributed by atoms with Crippen molar-refractivity contribution in [3.05, 3.63) is 95.6 Å². The summed E-state index contributed by atoms with van der Waals surface area (Å²) in [6, 6.07) is 8.66. The van der Waals surface area contributed by atoms with Crippen LogP contribution < -0.4 is 53.0 Å². The molecular formula is C64H88N12O25. The summed E-state index contributed by atoms with van der Waals surface area (Å²) in [5.41, 5.74) is 14.5. The first-order chi connectivity index (χ1) is 48.2. The molecular weight excluding hydrogens is 1340 g/mol. The molecule has 7 heterocycles. The third-order valence-corrected chi connectivity index (χ3v) is 18.8. The molecule has 5 amide bonds. The van der Waals surface area contributed by atoms with Crippen LogP contribution in [0.15, 0.2) is 88.8 Å². The maximum absolute atomic E-state index is 15.2. The molecule has 0 bridgehead atoms. The predicted octanol–water partition coefficient (Wildman–Crippen LogP) is -9.55. The highest BCUT2D eigenvalue weighted by Crippen LogP contribution is 2.37. The van der Waals surface area contributed by atoms with Gasteiger partial charge in [-0.15, -0.1) is 0 Å². The van der Waals surface area contributed by atoms with Crippen LogP contribution in [0.1, 0.15) is 49.7 Å². The first-order valence-electron chi connectivity index (χ1n) is 32.9. The van der Waals surface area contributed by atoms with E-state index in [1.54, 1.807) is 30.3 Å². The van der Waals surface area contributed by atoms with Crippen molar-refractivity contribution in [2.75, 3.05) is 57.5 Å². The van der Waals surface area contributed by atoms with Crippen molar-refractivity contribution in [3.63, 3.8) is 0 Å². The van der Waals surface area contributed by atoms with Crippen molar-refractivity contribution in [2.24, 2.45) is 21.5 Å². The van der Waals surface area contributed by atoms with Crippen molar-refractivity contribution in [1.29, 1.82) is 0 Å². The third-order valence-electron chi connectivity index (χ3n) is 18.8. The molecule has 0 aliphatic carbocycles. The topological polar surface area (TPSA) is 565 Å². The van der Waals surface area contributed by atoms with Gasteiger partial charge in [-0.1, -0.05) is 68.4 Å². The van der Waals surface area contributed by atoms with E-state index in [9.17, 15) is 80.5 Å². The summed E-state index contributed by atoms with van der Waals surface area (Å²) >= 11 is 0.